The summed E-state index contributed by atoms with van der Waals surface area (Å²) in [5.41, 5.74) is 5.23. The number of nitrogens with one attached hydrogen (secondary N) is 2. The molecule has 0 unspecified atom stereocenters. The summed E-state index contributed by atoms with van der Waals surface area (Å²) in [4.78, 5) is 9.21. The van der Waals surface area contributed by atoms with Gasteiger partial charge < -0.3 is 20.1 Å². The van der Waals surface area contributed by atoms with E-state index in [2.05, 4.69) is 32.7 Å². The third kappa shape index (κ3) is 5.36. The molecule has 0 saturated carbocycles. The fraction of sp³-hybridized carbons (Fsp3) is 0.429. The lowest BCUT2D eigenvalue weighted by atomic mass is 10.1. The van der Waals surface area contributed by atoms with E-state index in [-0.39, 0.29) is 0 Å². The molecule has 6 nitrogen and oxygen atoms in total. The number of benzene rings is 1. The number of aliphatic imine (C=N–C) groups is 1. The Morgan fingerprint density at radius 3 is 2.56 bits per heavy atom. The number of pyridine rings is 1. The number of guanidine groups is 1. The van der Waals surface area contributed by atoms with Crippen LogP contribution in [0.1, 0.15) is 34.9 Å². The summed E-state index contributed by atoms with van der Waals surface area (Å²) in [6, 6.07) is 6.15. The summed E-state index contributed by atoms with van der Waals surface area (Å²) in [5, 5.41) is 6.62. The van der Waals surface area contributed by atoms with Crippen molar-refractivity contribution in [3.63, 3.8) is 0 Å². The minimum Gasteiger partial charge on any atom is -0.496 e. The van der Waals surface area contributed by atoms with Crippen LogP contribution in [0, 0.1) is 20.8 Å². The maximum atomic E-state index is 5.48. The number of aromatic nitrogens is 1. The van der Waals surface area contributed by atoms with Crippen LogP contribution < -0.4 is 20.1 Å². The lowest BCUT2D eigenvalue weighted by Crippen LogP contribution is -2.37. The molecule has 0 aliphatic rings. The predicted molar refractivity (Wildman–Crippen MR) is 110 cm³/mol. The minimum atomic E-state index is 0.530. The van der Waals surface area contributed by atoms with Gasteiger partial charge in [0, 0.05) is 29.4 Å². The first-order chi connectivity index (χ1) is 13.0. The highest BCUT2D eigenvalue weighted by Crippen LogP contribution is 2.24. The summed E-state index contributed by atoms with van der Waals surface area (Å²) in [5.74, 6) is 2.48. The molecule has 2 N–H and O–H groups in total. The second-order valence-corrected chi connectivity index (χ2v) is 6.41. The zero-order chi connectivity index (χ0) is 19.8. The molecule has 1 aromatic carbocycles. The first-order valence-electron chi connectivity index (χ1n) is 9.14. The molecule has 2 rings (SSSR count). The molecule has 0 aliphatic heterocycles. The van der Waals surface area contributed by atoms with Gasteiger partial charge in [0.1, 0.15) is 11.5 Å². The second kappa shape index (κ2) is 9.80. The Labute approximate surface area is 162 Å². The van der Waals surface area contributed by atoms with Crippen molar-refractivity contribution in [3.05, 3.63) is 52.3 Å². The van der Waals surface area contributed by atoms with E-state index >= 15 is 0 Å². The molecule has 2 aromatic rings. The molecule has 6 heteroatoms. The number of hydrogen-bond donors (Lipinski definition) is 2. The van der Waals surface area contributed by atoms with E-state index < -0.39 is 0 Å². The van der Waals surface area contributed by atoms with E-state index in [0.29, 0.717) is 13.1 Å². The number of ether oxygens (including phenoxy) is 2. The first-order valence-corrected chi connectivity index (χ1v) is 9.14. The van der Waals surface area contributed by atoms with Gasteiger partial charge in [-0.3, -0.25) is 4.98 Å². The van der Waals surface area contributed by atoms with Gasteiger partial charge in [0.05, 0.1) is 33.0 Å². The molecule has 0 bridgehead atoms. The van der Waals surface area contributed by atoms with Crippen molar-refractivity contribution in [1.82, 2.24) is 15.6 Å². The highest BCUT2D eigenvalue weighted by atomic mass is 16.5. The third-order valence-electron chi connectivity index (χ3n) is 4.37. The number of rotatable bonds is 7. The van der Waals surface area contributed by atoms with Crippen LogP contribution in [0.4, 0.5) is 0 Å². The van der Waals surface area contributed by atoms with Crippen molar-refractivity contribution in [2.24, 2.45) is 4.99 Å². The van der Waals surface area contributed by atoms with E-state index in [9.17, 15) is 0 Å². The Morgan fingerprint density at radius 2 is 1.89 bits per heavy atom. The zero-order valence-electron chi connectivity index (χ0n) is 17.1. The van der Waals surface area contributed by atoms with Crippen LogP contribution in [0.15, 0.2) is 29.4 Å². The Hall–Kier alpha value is -2.76. The molecule has 1 aromatic heterocycles. The Kier molecular flexibility index (Phi) is 7.46. The SMILES string of the molecule is CCNC(=NCc1ccc(C)cc1OC)NCc1ncc(C)c(OC)c1C. The highest BCUT2D eigenvalue weighted by Gasteiger charge is 2.10. The maximum Gasteiger partial charge on any atom is 0.191 e. The zero-order valence-corrected chi connectivity index (χ0v) is 17.1. The molecule has 0 amide bonds. The van der Waals surface area contributed by atoms with Crippen LogP contribution in [0.2, 0.25) is 0 Å². The van der Waals surface area contributed by atoms with Crippen molar-refractivity contribution in [2.45, 2.75) is 40.8 Å². The molecule has 0 aliphatic carbocycles. The van der Waals surface area contributed by atoms with Gasteiger partial charge in [-0.15, -0.1) is 0 Å². The maximum absolute atomic E-state index is 5.48. The molecule has 0 saturated heterocycles. The third-order valence-corrected chi connectivity index (χ3v) is 4.37. The van der Waals surface area contributed by atoms with Crippen molar-refractivity contribution in [2.75, 3.05) is 20.8 Å². The molecular weight excluding hydrogens is 340 g/mol. The predicted octanol–water partition coefficient (Wildman–Crippen LogP) is 3.28. The average Bonchev–Trinajstić information content (AvgIpc) is 2.66. The quantitative estimate of drug-likeness (QED) is 0.578. The summed E-state index contributed by atoms with van der Waals surface area (Å²) >= 11 is 0. The van der Waals surface area contributed by atoms with E-state index in [0.717, 1.165) is 46.4 Å². The molecular formula is C21H30N4O2. The molecule has 0 fully saturated rings. The molecule has 146 valence electrons. The van der Waals surface area contributed by atoms with Crippen LogP contribution >= 0.6 is 0 Å². The Morgan fingerprint density at radius 1 is 1.11 bits per heavy atom. The van der Waals surface area contributed by atoms with Crippen LogP contribution in [0.5, 0.6) is 11.5 Å². The van der Waals surface area contributed by atoms with Gasteiger partial charge in [-0.05, 0) is 39.3 Å². The first kappa shape index (κ1) is 20.6. The van der Waals surface area contributed by atoms with E-state index in [4.69, 9.17) is 9.47 Å². The molecule has 1 heterocycles. The van der Waals surface area contributed by atoms with Gasteiger partial charge in [-0.1, -0.05) is 12.1 Å². The van der Waals surface area contributed by atoms with Crippen LogP contribution in [0.25, 0.3) is 0 Å². The normalized spacial score (nSPS) is 11.3. The van der Waals surface area contributed by atoms with E-state index in [1.807, 2.05) is 40.0 Å². The average molecular weight is 370 g/mol. The largest absolute Gasteiger partial charge is 0.496 e. The number of aryl methyl sites for hydroxylation is 2. The lowest BCUT2D eigenvalue weighted by molar-refractivity contribution is 0.406. The second-order valence-electron chi connectivity index (χ2n) is 6.41. The van der Waals surface area contributed by atoms with Gasteiger partial charge in [0.15, 0.2) is 5.96 Å². The van der Waals surface area contributed by atoms with Gasteiger partial charge in [0.25, 0.3) is 0 Å². The van der Waals surface area contributed by atoms with Crippen molar-refractivity contribution in [1.29, 1.82) is 0 Å². The fourth-order valence-electron chi connectivity index (χ4n) is 2.91. The standard InChI is InChI=1S/C21H30N4O2/c1-7-22-21(24-12-17-9-8-14(2)10-19(17)26-5)25-13-18-16(4)20(27-6)15(3)11-23-18/h8-11H,7,12-13H2,1-6H3,(H2,22,24,25). The Bertz CT molecular complexity index is 803. The van der Waals surface area contributed by atoms with E-state index in [1.54, 1.807) is 14.2 Å². The lowest BCUT2D eigenvalue weighted by Gasteiger charge is -2.15. The van der Waals surface area contributed by atoms with Crippen molar-refractivity contribution in [3.8, 4) is 11.5 Å². The Balaban J connectivity index is 2.13. The topological polar surface area (TPSA) is 67.8 Å². The summed E-state index contributed by atoms with van der Waals surface area (Å²) < 4.78 is 10.9. The van der Waals surface area contributed by atoms with Gasteiger partial charge in [-0.2, -0.15) is 0 Å². The van der Waals surface area contributed by atoms with Gasteiger partial charge in [-0.25, -0.2) is 4.99 Å². The smallest absolute Gasteiger partial charge is 0.191 e. The van der Waals surface area contributed by atoms with Gasteiger partial charge in [0.2, 0.25) is 0 Å². The molecule has 0 radical (unpaired) electrons. The van der Waals surface area contributed by atoms with Crippen LogP contribution in [-0.2, 0) is 13.1 Å². The van der Waals surface area contributed by atoms with Crippen LogP contribution in [0.3, 0.4) is 0 Å². The number of hydrogen-bond acceptors (Lipinski definition) is 4. The molecule has 0 atom stereocenters. The van der Waals surface area contributed by atoms with Crippen molar-refractivity contribution >= 4 is 5.96 Å². The summed E-state index contributed by atoms with van der Waals surface area (Å²) in [6.07, 6.45) is 1.84. The number of nitrogens with zero attached hydrogens (tertiary/aromatic N) is 2. The molecule has 27 heavy (non-hydrogen) atoms. The van der Waals surface area contributed by atoms with Crippen molar-refractivity contribution < 1.29 is 9.47 Å². The summed E-state index contributed by atoms with van der Waals surface area (Å²) in [6.45, 7) is 9.99. The van der Waals surface area contributed by atoms with Gasteiger partial charge >= 0.3 is 0 Å². The fourth-order valence-corrected chi connectivity index (χ4v) is 2.91. The number of methoxy groups -OCH3 is 2. The minimum absolute atomic E-state index is 0.530. The van der Waals surface area contributed by atoms with Crippen LogP contribution in [-0.4, -0.2) is 31.7 Å². The monoisotopic (exact) mass is 370 g/mol. The molecule has 0 spiro atoms. The van der Waals surface area contributed by atoms with E-state index in [1.165, 1.54) is 5.56 Å². The summed E-state index contributed by atoms with van der Waals surface area (Å²) in [7, 11) is 3.37. The highest BCUT2D eigenvalue weighted by molar-refractivity contribution is 5.79.